The zero-order valence-electron chi connectivity index (χ0n) is 11.1. The van der Waals surface area contributed by atoms with Crippen LogP contribution >= 0.6 is 0 Å². The zero-order chi connectivity index (χ0) is 13.7. The Balaban J connectivity index is 2.01. The predicted octanol–water partition coefficient (Wildman–Crippen LogP) is 2.82. The van der Waals surface area contributed by atoms with Crippen molar-refractivity contribution in [3.05, 3.63) is 42.7 Å². The Kier molecular flexibility index (Phi) is 4.36. The number of hydrogen-bond donors (Lipinski definition) is 2. The molecular weight excluding hydrogens is 238 g/mol. The van der Waals surface area contributed by atoms with Gasteiger partial charge in [0.25, 0.3) is 0 Å². The monoisotopic (exact) mass is 257 g/mol. The number of ether oxygens (including phenoxy) is 1. The Morgan fingerprint density at radius 1 is 1.37 bits per heavy atom. The predicted molar refractivity (Wildman–Crippen MR) is 80.3 cm³/mol. The Morgan fingerprint density at radius 2 is 2.21 bits per heavy atom. The maximum atomic E-state index is 5.93. The number of nitrogens with zero attached hydrogens (tertiary/aromatic N) is 1. The highest BCUT2D eigenvalue weighted by molar-refractivity contribution is 6.00. The SMILES string of the molecule is C=C(C)COCCNc1ccc(N)c2cnccc12. The Bertz CT molecular complexity index is 581. The molecule has 0 amide bonds. The highest BCUT2D eigenvalue weighted by Crippen LogP contribution is 2.27. The van der Waals surface area contributed by atoms with Gasteiger partial charge in [0.05, 0.1) is 13.2 Å². The van der Waals surface area contributed by atoms with E-state index in [4.69, 9.17) is 10.5 Å². The third-order valence-electron chi connectivity index (χ3n) is 2.76. The lowest BCUT2D eigenvalue weighted by atomic mass is 10.1. The van der Waals surface area contributed by atoms with E-state index in [2.05, 4.69) is 16.9 Å². The fourth-order valence-corrected chi connectivity index (χ4v) is 1.87. The van der Waals surface area contributed by atoms with Crippen LogP contribution in [-0.2, 0) is 4.74 Å². The molecule has 0 aliphatic rings. The van der Waals surface area contributed by atoms with Gasteiger partial charge in [-0.1, -0.05) is 12.2 Å². The van der Waals surface area contributed by atoms with Crippen LogP contribution in [0.5, 0.6) is 0 Å². The number of fused-ring (bicyclic) bond motifs is 1. The number of aromatic nitrogens is 1. The fraction of sp³-hybridized carbons (Fsp3) is 0.267. The van der Waals surface area contributed by atoms with E-state index in [0.29, 0.717) is 13.2 Å². The normalized spacial score (nSPS) is 10.6. The summed E-state index contributed by atoms with van der Waals surface area (Å²) in [5.74, 6) is 0. The number of nitrogens with one attached hydrogen (secondary N) is 1. The van der Waals surface area contributed by atoms with E-state index in [1.54, 1.807) is 12.4 Å². The molecule has 19 heavy (non-hydrogen) atoms. The summed E-state index contributed by atoms with van der Waals surface area (Å²) in [5.41, 5.74) is 8.75. The number of nitrogen functional groups attached to an aromatic ring is 1. The highest BCUT2D eigenvalue weighted by atomic mass is 16.5. The van der Waals surface area contributed by atoms with Crippen molar-refractivity contribution in [1.29, 1.82) is 0 Å². The maximum Gasteiger partial charge on any atom is 0.0672 e. The van der Waals surface area contributed by atoms with E-state index in [9.17, 15) is 0 Å². The molecular formula is C15H19N3O. The van der Waals surface area contributed by atoms with Crippen molar-refractivity contribution in [2.24, 2.45) is 0 Å². The van der Waals surface area contributed by atoms with Gasteiger partial charge in [-0.05, 0) is 25.1 Å². The van der Waals surface area contributed by atoms with Gasteiger partial charge in [0, 0.05) is 41.1 Å². The average molecular weight is 257 g/mol. The molecule has 0 aliphatic carbocycles. The molecule has 0 unspecified atom stereocenters. The molecule has 2 rings (SSSR count). The molecule has 0 atom stereocenters. The molecule has 4 nitrogen and oxygen atoms in total. The largest absolute Gasteiger partial charge is 0.398 e. The second kappa shape index (κ2) is 6.20. The Morgan fingerprint density at radius 3 is 3.00 bits per heavy atom. The van der Waals surface area contributed by atoms with Crippen LogP contribution in [0.25, 0.3) is 10.8 Å². The maximum absolute atomic E-state index is 5.93. The number of anilines is 2. The van der Waals surface area contributed by atoms with Crippen LogP contribution < -0.4 is 11.1 Å². The van der Waals surface area contributed by atoms with Gasteiger partial charge in [0.15, 0.2) is 0 Å². The lowest BCUT2D eigenvalue weighted by Crippen LogP contribution is -2.10. The molecule has 0 radical (unpaired) electrons. The van der Waals surface area contributed by atoms with Crippen molar-refractivity contribution in [2.75, 3.05) is 30.8 Å². The van der Waals surface area contributed by atoms with Crippen LogP contribution in [0, 0.1) is 0 Å². The van der Waals surface area contributed by atoms with Gasteiger partial charge in [-0.2, -0.15) is 0 Å². The van der Waals surface area contributed by atoms with Gasteiger partial charge in [-0.3, -0.25) is 4.98 Å². The topological polar surface area (TPSA) is 60.2 Å². The van der Waals surface area contributed by atoms with Gasteiger partial charge in [-0.25, -0.2) is 0 Å². The highest BCUT2D eigenvalue weighted by Gasteiger charge is 2.03. The van der Waals surface area contributed by atoms with E-state index in [1.165, 1.54) is 0 Å². The fourth-order valence-electron chi connectivity index (χ4n) is 1.87. The first-order valence-electron chi connectivity index (χ1n) is 6.26. The quantitative estimate of drug-likeness (QED) is 0.474. The Labute approximate surface area is 113 Å². The molecule has 0 saturated heterocycles. The van der Waals surface area contributed by atoms with E-state index in [1.807, 2.05) is 25.1 Å². The minimum Gasteiger partial charge on any atom is -0.398 e. The van der Waals surface area contributed by atoms with E-state index < -0.39 is 0 Å². The summed E-state index contributed by atoms with van der Waals surface area (Å²) < 4.78 is 5.45. The van der Waals surface area contributed by atoms with E-state index in [0.717, 1.165) is 34.3 Å². The van der Waals surface area contributed by atoms with Crippen molar-refractivity contribution in [3.63, 3.8) is 0 Å². The summed E-state index contributed by atoms with van der Waals surface area (Å²) >= 11 is 0. The summed E-state index contributed by atoms with van der Waals surface area (Å²) in [5, 5.41) is 5.40. The van der Waals surface area contributed by atoms with Gasteiger partial charge < -0.3 is 15.8 Å². The molecule has 0 spiro atoms. The molecule has 1 aromatic carbocycles. The van der Waals surface area contributed by atoms with Crippen molar-refractivity contribution >= 4 is 22.1 Å². The molecule has 100 valence electrons. The second-order valence-electron chi connectivity index (χ2n) is 4.56. The first kappa shape index (κ1) is 13.4. The molecule has 0 saturated carbocycles. The van der Waals surface area contributed by atoms with Gasteiger partial charge in [-0.15, -0.1) is 0 Å². The van der Waals surface area contributed by atoms with E-state index >= 15 is 0 Å². The molecule has 2 aromatic rings. The van der Waals surface area contributed by atoms with Crippen molar-refractivity contribution in [1.82, 2.24) is 4.98 Å². The number of rotatable bonds is 6. The molecule has 1 aromatic heterocycles. The summed E-state index contributed by atoms with van der Waals surface area (Å²) in [7, 11) is 0. The van der Waals surface area contributed by atoms with Crippen LogP contribution in [0.15, 0.2) is 42.7 Å². The first-order valence-corrected chi connectivity index (χ1v) is 6.26. The summed E-state index contributed by atoms with van der Waals surface area (Å²) in [6, 6.07) is 5.83. The summed E-state index contributed by atoms with van der Waals surface area (Å²) in [6.45, 7) is 7.74. The molecule has 0 bridgehead atoms. The lowest BCUT2D eigenvalue weighted by molar-refractivity contribution is 0.167. The van der Waals surface area contributed by atoms with Gasteiger partial charge in [0.1, 0.15) is 0 Å². The van der Waals surface area contributed by atoms with E-state index in [-0.39, 0.29) is 0 Å². The number of benzene rings is 1. The third-order valence-corrected chi connectivity index (χ3v) is 2.76. The standard InChI is InChI=1S/C15H19N3O/c1-11(2)10-19-8-7-18-15-4-3-14(16)13-9-17-6-5-12(13)15/h3-6,9,18H,1,7-8,10,16H2,2H3. The smallest absolute Gasteiger partial charge is 0.0672 e. The average Bonchev–Trinajstić information content (AvgIpc) is 2.41. The van der Waals surface area contributed by atoms with Crippen LogP contribution in [-0.4, -0.2) is 24.7 Å². The molecule has 4 heteroatoms. The number of hydrogen-bond acceptors (Lipinski definition) is 4. The molecule has 0 aliphatic heterocycles. The van der Waals surface area contributed by atoms with Crippen molar-refractivity contribution in [3.8, 4) is 0 Å². The summed E-state index contributed by atoms with van der Waals surface area (Å²) in [4.78, 5) is 4.10. The van der Waals surface area contributed by atoms with Crippen LogP contribution in [0.3, 0.4) is 0 Å². The van der Waals surface area contributed by atoms with Gasteiger partial charge in [0.2, 0.25) is 0 Å². The molecule has 3 N–H and O–H groups in total. The molecule has 1 heterocycles. The lowest BCUT2D eigenvalue weighted by Gasteiger charge is -2.11. The van der Waals surface area contributed by atoms with Crippen LogP contribution in [0.2, 0.25) is 0 Å². The minimum atomic E-state index is 0.605. The Hall–Kier alpha value is -2.07. The van der Waals surface area contributed by atoms with Gasteiger partial charge >= 0.3 is 0 Å². The number of pyridine rings is 1. The van der Waals surface area contributed by atoms with Crippen molar-refractivity contribution in [2.45, 2.75) is 6.92 Å². The van der Waals surface area contributed by atoms with Crippen LogP contribution in [0.4, 0.5) is 11.4 Å². The first-order chi connectivity index (χ1) is 9.18. The zero-order valence-corrected chi connectivity index (χ0v) is 11.1. The summed E-state index contributed by atoms with van der Waals surface area (Å²) in [6.07, 6.45) is 3.55. The minimum absolute atomic E-state index is 0.605. The third kappa shape index (κ3) is 3.45. The van der Waals surface area contributed by atoms with Crippen LogP contribution in [0.1, 0.15) is 6.92 Å². The molecule has 0 fully saturated rings. The second-order valence-corrected chi connectivity index (χ2v) is 4.56. The number of nitrogens with two attached hydrogens (primary N) is 1. The van der Waals surface area contributed by atoms with Crippen molar-refractivity contribution < 1.29 is 4.74 Å².